The minimum absolute atomic E-state index is 0.189. The third-order valence-electron chi connectivity index (χ3n) is 4.66. The van der Waals surface area contributed by atoms with Gasteiger partial charge in [-0.25, -0.2) is 0 Å². The molecule has 0 spiro atoms. The zero-order valence-corrected chi connectivity index (χ0v) is 13.9. The lowest BCUT2D eigenvalue weighted by atomic mass is 10.0. The summed E-state index contributed by atoms with van der Waals surface area (Å²) in [5.41, 5.74) is 2.43. The highest BCUT2D eigenvalue weighted by Gasteiger charge is 2.28. The highest BCUT2D eigenvalue weighted by Crippen LogP contribution is 2.34. The molecule has 0 bridgehead atoms. The lowest BCUT2D eigenvalue weighted by Gasteiger charge is -2.33. The summed E-state index contributed by atoms with van der Waals surface area (Å²) in [6, 6.07) is 8.25. The maximum Gasteiger partial charge on any atom is 0.231 e. The van der Waals surface area contributed by atoms with Crippen LogP contribution in [0.15, 0.2) is 29.6 Å². The Balaban J connectivity index is 1.41. The fourth-order valence-electron chi connectivity index (χ4n) is 3.34. The number of benzene rings is 1. The van der Waals surface area contributed by atoms with Gasteiger partial charge in [-0.1, -0.05) is 6.07 Å². The number of thiophene rings is 1. The van der Waals surface area contributed by atoms with Gasteiger partial charge < -0.3 is 14.4 Å². The first-order chi connectivity index (χ1) is 11.2. The topological polar surface area (TPSA) is 38.8 Å². The van der Waals surface area contributed by atoms with Gasteiger partial charge in [0.25, 0.3) is 0 Å². The van der Waals surface area contributed by atoms with Crippen LogP contribution in [0.3, 0.4) is 0 Å². The Bertz CT molecular complexity index is 740. The summed E-state index contributed by atoms with van der Waals surface area (Å²) < 4.78 is 10.7. The average molecular weight is 329 g/mol. The smallest absolute Gasteiger partial charge is 0.231 e. The first kappa shape index (κ1) is 14.6. The minimum atomic E-state index is 0.189. The monoisotopic (exact) mass is 329 g/mol. The number of nitrogens with zero attached hydrogens (tertiary/aromatic N) is 1. The molecule has 2 aromatic rings. The molecule has 120 valence electrons. The number of hydrogen-bond acceptors (Lipinski definition) is 4. The fraction of sp³-hybridized carbons (Fsp3) is 0.389. The van der Waals surface area contributed by atoms with Gasteiger partial charge >= 0.3 is 0 Å². The van der Waals surface area contributed by atoms with Crippen LogP contribution in [0.5, 0.6) is 11.5 Å². The van der Waals surface area contributed by atoms with Crippen LogP contribution in [0, 0.1) is 0 Å². The van der Waals surface area contributed by atoms with Crippen LogP contribution in [0.25, 0.3) is 0 Å². The van der Waals surface area contributed by atoms with Crippen molar-refractivity contribution in [2.45, 2.75) is 32.2 Å². The summed E-state index contributed by atoms with van der Waals surface area (Å²) in [6.07, 6.45) is 2.24. The lowest BCUT2D eigenvalue weighted by Crippen LogP contribution is -2.38. The SMILES string of the molecule is CC1c2ccsc2CCN1C(=O)CCc1ccc2c(c1)OCO2. The first-order valence-corrected chi connectivity index (χ1v) is 8.84. The van der Waals surface area contributed by atoms with Crippen LogP contribution in [0.2, 0.25) is 0 Å². The van der Waals surface area contributed by atoms with Crippen molar-refractivity contribution >= 4 is 17.2 Å². The summed E-state index contributed by atoms with van der Waals surface area (Å²) >= 11 is 1.80. The first-order valence-electron chi connectivity index (χ1n) is 7.96. The Morgan fingerprint density at radius 1 is 1.30 bits per heavy atom. The molecule has 1 amide bonds. The van der Waals surface area contributed by atoms with E-state index in [1.807, 2.05) is 23.1 Å². The molecule has 1 aromatic heterocycles. The van der Waals surface area contributed by atoms with Crippen LogP contribution < -0.4 is 9.47 Å². The van der Waals surface area contributed by atoms with E-state index in [4.69, 9.17) is 9.47 Å². The van der Waals surface area contributed by atoms with E-state index in [1.165, 1.54) is 10.4 Å². The van der Waals surface area contributed by atoms with Gasteiger partial charge in [0.05, 0.1) is 6.04 Å². The quantitative estimate of drug-likeness (QED) is 0.864. The van der Waals surface area contributed by atoms with Gasteiger partial charge in [-0.2, -0.15) is 0 Å². The standard InChI is InChI=1S/C18H19NO3S/c1-12-14-7-9-23-17(14)6-8-19(12)18(20)5-3-13-2-4-15-16(10-13)22-11-21-15/h2,4,7,9-10,12H,3,5-6,8,11H2,1H3. The van der Waals surface area contributed by atoms with Crippen molar-refractivity contribution in [3.8, 4) is 11.5 Å². The molecule has 0 aliphatic carbocycles. The lowest BCUT2D eigenvalue weighted by molar-refractivity contribution is -0.133. The number of carbonyl (C=O) groups is 1. The third kappa shape index (κ3) is 2.70. The van der Waals surface area contributed by atoms with Crippen molar-refractivity contribution in [1.29, 1.82) is 0 Å². The predicted molar refractivity (Wildman–Crippen MR) is 89.0 cm³/mol. The minimum Gasteiger partial charge on any atom is -0.454 e. The molecule has 0 N–H and O–H groups in total. The van der Waals surface area contributed by atoms with Crippen LogP contribution in [-0.4, -0.2) is 24.1 Å². The van der Waals surface area contributed by atoms with E-state index in [9.17, 15) is 4.79 Å². The van der Waals surface area contributed by atoms with E-state index in [0.29, 0.717) is 6.42 Å². The Labute approximate surface area is 139 Å². The molecule has 4 nitrogen and oxygen atoms in total. The summed E-state index contributed by atoms with van der Waals surface area (Å²) in [5.74, 6) is 1.80. The zero-order valence-electron chi connectivity index (χ0n) is 13.1. The average Bonchev–Trinajstić information content (AvgIpc) is 3.21. The van der Waals surface area contributed by atoms with Gasteiger partial charge in [0, 0.05) is 17.8 Å². The highest BCUT2D eigenvalue weighted by atomic mass is 32.1. The number of aryl methyl sites for hydroxylation is 1. The summed E-state index contributed by atoms with van der Waals surface area (Å²) in [5, 5.41) is 2.13. The van der Waals surface area contributed by atoms with E-state index < -0.39 is 0 Å². The predicted octanol–water partition coefficient (Wildman–Crippen LogP) is 3.56. The second kappa shape index (κ2) is 5.89. The second-order valence-corrected chi connectivity index (χ2v) is 7.00. The van der Waals surface area contributed by atoms with Crippen LogP contribution in [-0.2, 0) is 17.6 Å². The molecule has 0 radical (unpaired) electrons. The van der Waals surface area contributed by atoms with Gasteiger partial charge in [0.15, 0.2) is 11.5 Å². The summed E-state index contributed by atoms with van der Waals surface area (Å²) in [7, 11) is 0. The molecule has 2 aliphatic rings. The van der Waals surface area contributed by atoms with Gasteiger partial charge in [-0.05, 0) is 54.5 Å². The Hall–Kier alpha value is -2.01. The number of amides is 1. The number of hydrogen-bond donors (Lipinski definition) is 0. The van der Waals surface area contributed by atoms with Crippen molar-refractivity contribution < 1.29 is 14.3 Å². The zero-order chi connectivity index (χ0) is 15.8. The van der Waals surface area contributed by atoms with Crippen molar-refractivity contribution in [3.05, 3.63) is 45.6 Å². The van der Waals surface area contributed by atoms with Crippen molar-refractivity contribution in [2.24, 2.45) is 0 Å². The largest absolute Gasteiger partial charge is 0.454 e. The molecule has 4 rings (SSSR count). The Morgan fingerprint density at radius 2 is 2.17 bits per heavy atom. The number of fused-ring (bicyclic) bond motifs is 2. The summed E-state index contributed by atoms with van der Waals surface area (Å²) in [6.45, 7) is 3.24. The van der Waals surface area contributed by atoms with E-state index in [1.54, 1.807) is 11.3 Å². The Morgan fingerprint density at radius 3 is 3.09 bits per heavy atom. The van der Waals surface area contributed by atoms with Crippen molar-refractivity contribution in [3.63, 3.8) is 0 Å². The normalized spacial score (nSPS) is 18.8. The van der Waals surface area contributed by atoms with Gasteiger partial charge in [0.1, 0.15) is 0 Å². The van der Waals surface area contributed by atoms with Gasteiger partial charge in [-0.3, -0.25) is 4.79 Å². The molecule has 1 unspecified atom stereocenters. The molecule has 1 aromatic carbocycles. The number of carbonyl (C=O) groups excluding carboxylic acids is 1. The molecule has 0 fully saturated rings. The van der Waals surface area contributed by atoms with E-state index in [-0.39, 0.29) is 18.7 Å². The number of ether oxygens (including phenoxy) is 2. The molecule has 23 heavy (non-hydrogen) atoms. The maximum atomic E-state index is 12.6. The number of rotatable bonds is 3. The van der Waals surface area contributed by atoms with E-state index in [2.05, 4.69) is 18.4 Å². The van der Waals surface area contributed by atoms with Crippen LogP contribution >= 0.6 is 11.3 Å². The molecule has 2 aliphatic heterocycles. The molecular formula is C18H19NO3S. The molecule has 0 saturated heterocycles. The highest BCUT2D eigenvalue weighted by molar-refractivity contribution is 7.10. The van der Waals surface area contributed by atoms with Crippen molar-refractivity contribution in [1.82, 2.24) is 4.90 Å². The second-order valence-electron chi connectivity index (χ2n) is 6.00. The van der Waals surface area contributed by atoms with Crippen LogP contribution in [0.1, 0.15) is 35.4 Å². The molecular weight excluding hydrogens is 310 g/mol. The third-order valence-corrected chi connectivity index (χ3v) is 5.66. The molecule has 0 saturated carbocycles. The van der Waals surface area contributed by atoms with Crippen molar-refractivity contribution in [2.75, 3.05) is 13.3 Å². The fourth-order valence-corrected chi connectivity index (χ4v) is 4.30. The van der Waals surface area contributed by atoms with E-state index in [0.717, 1.165) is 36.4 Å². The van der Waals surface area contributed by atoms with E-state index >= 15 is 0 Å². The summed E-state index contributed by atoms with van der Waals surface area (Å²) in [4.78, 5) is 16.1. The molecule has 3 heterocycles. The van der Waals surface area contributed by atoms with Gasteiger partial charge in [0.2, 0.25) is 12.7 Å². The van der Waals surface area contributed by atoms with Crippen LogP contribution in [0.4, 0.5) is 0 Å². The van der Waals surface area contributed by atoms with Gasteiger partial charge in [-0.15, -0.1) is 11.3 Å². The molecule has 5 heteroatoms. The molecule has 1 atom stereocenters. The Kier molecular flexibility index (Phi) is 3.73. The maximum absolute atomic E-state index is 12.6.